The first kappa shape index (κ1) is 20.1. The number of nitrogens with one attached hydrogen (secondary N) is 2. The molecule has 0 amide bonds. The van der Waals surface area contributed by atoms with Gasteiger partial charge in [-0.1, -0.05) is 26.7 Å². The molecule has 2 N–H and O–H groups in total. The number of aromatic nitrogens is 2. The summed E-state index contributed by atoms with van der Waals surface area (Å²) in [6.07, 6.45) is 8.00. The number of piperidine rings is 3. The van der Waals surface area contributed by atoms with Gasteiger partial charge in [-0.25, -0.2) is 0 Å². The molecule has 4 unspecified atom stereocenters. The molecule has 0 aromatic carbocycles. The lowest BCUT2D eigenvalue weighted by Crippen LogP contribution is -2.56. The van der Waals surface area contributed by atoms with Crippen LogP contribution < -0.4 is 10.6 Å². The van der Waals surface area contributed by atoms with Gasteiger partial charge in [-0.3, -0.25) is 9.58 Å². The van der Waals surface area contributed by atoms with Crippen LogP contribution in [0.25, 0.3) is 0 Å². The second-order valence-corrected chi connectivity index (χ2v) is 10.0. The van der Waals surface area contributed by atoms with E-state index in [4.69, 9.17) is 17.3 Å². The quantitative estimate of drug-likeness (QED) is 0.713. The Labute approximate surface area is 175 Å². The molecule has 1 saturated carbocycles. The first-order chi connectivity index (χ1) is 13.5. The van der Waals surface area contributed by atoms with Crippen molar-refractivity contribution in [2.24, 2.45) is 18.9 Å². The molecule has 3 aliphatic heterocycles. The SMILES string of the molecule is CC(C)CNC(=S)NCC1CC2CCN1CC2c1cc(C2CCCC2)nn1C. The largest absolute Gasteiger partial charge is 0.362 e. The van der Waals surface area contributed by atoms with Crippen LogP contribution in [0.2, 0.25) is 0 Å². The Bertz CT molecular complexity index is 678. The second kappa shape index (κ2) is 8.70. The van der Waals surface area contributed by atoms with Crippen LogP contribution in [0.5, 0.6) is 0 Å². The van der Waals surface area contributed by atoms with Gasteiger partial charge in [0.1, 0.15) is 0 Å². The van der Waals surface area contributed by atoms with Crippen molar-refractivity contribution in [1.82, 2.24) is 25.3 Å². The smallest absolute Gasteiger partial charge is 0.166 e. The predicted molar refractivity (Wildman–Crippen MR) is 119 cm³/mol. The summed E-state index contributed by atoms with van der Waals surface area (Å²) in [5.74, 6) is 2.74. The molecule has 4 heterocycles. The van der Waals surface area contributed by atoms with Crippen LogP contribution in [0, 0.1) is 11.8 Å². The Morgan fingerprint density at radius 2 is 2.04 bits per heavy atom. The fourth-order valence-electron chi connectivity index (χ4n) is 5.53. The molecule has 1 aliphatic carbocycles. The van der Waals surface area contributed by atoms with Gasteiger partial charge in [-0.15, -0.1) is 0 Å². The zero-order valence-electron chi connectivity index (χ0n) is 17.8. The molecule has 5 rings (SSSR count). The minimum absolute atomic E-state index is 0.608. The van der Waals surface area contributed by atoms with E-state index in [1.807, 2.05) is 0 Å². The van der Waals surface area contributed by atoms with Crippen molar-refractivity contribution < 1.29 is 0 Å². The average Bonchev–Trinajstić information content (AvgIpc) is 3.34. The molecule has 4 atom stereocenters. The Kier molecular flexibility index (Phi) is 6.26. The van der Waals surface area contributed by atoms with Gasteiger partial charge < -0.3 is 10.6 Å². The van der Waals surface area contributed by atoms with Gasteiger partial charge in [0, 0.05) is 50.3 Å². The van der Waals surface area contributed by atoms with Gasteiger partial charge in [0.05, 0.1) is 5.69 Å². The summed E-state index contributed by atoms with van der Waals surface area (Å²) in [4.78, 5) is 2.69. The maximum absolute atomic E-state index is 5.45. The highest BCUT2D eigenvalue weighted by molar-refractivity contribution is 7.80. The molecule has 2 bridgehead atoms. The highest BCUT2D eigenvalue weighted by Crippen LogP contribution is 2.43. The fourth-order valence-corrected chi connectivity index (χ4v) is 5.69. The highest BCUT2D eigenvalue weighted by Gasteiger charge is 2.42. The Balaban J connectivity index is 1.34. The van der Waals surface area contributed by atoms with Crippen molar-refractivity contribution in [1.29, 1.82) is 0 Å². The third kappa shape index (κ3) is 4.38. The van der Waals surface area contributed by atoms with Gasteiger partial charge >= 0.3 is 0 Å². The van der Waals surface area contributed by atoms with Gasteiger partial charge in [0.2, 0.25) is 0 Å². The van der Waals surface area contributed by atoms with Crippen molar-refractivity contribution in [2.45, 2.75) is 70.3 Å². The van der Waals surface area contributed by atoms with Crippen LogP contribution in [0.4, 0.5) is 0 Å². The zero-order chi connectivity index (χ0) is 19.7. The normalized spacial score (nSPS) is 30.1. The molecule has 0 spiro atoms. The van der Waals surface area contributed by atoms with Crippen LogP contribution in [0.15, 0.2) is 6.07 Å². The molecule has 0 radical (unpaired) electrons. The number of rotatable bonds is 6. The molecule has 156 valence electrons. The van der Waals surface area contributed by atoms with Crippen molar-refractivity contribution in [3.05, 3.63) is 17.5 Å². The Morgan fingerprint density at radius 1 is 1.25 bits per heavy atom. The number of nitrogens with zero attached hydrogens (tertiary/aromatic N) is 3. The van der Waals surface area contributed by atoms with E-state index in [1.54, 1.807) is 0 Å². The predicted octanol–water partition coefficient (Wildman–Crippen LogP) is 3.38. The average molecular weight is 404 g/mol. The third-order valence-corrected chi connectivity index (χ3v) is 7.42. The molecule has 4 fully saturated rings. The maximum Gasteiger partial charge on any atom is 0.166 e. The Morgan fingerprint density at radius 3 is 2.71 bits per heavy atom. The van der Waals surface area contributed by atoms with E-state index in [0.29, 0.717) is 23.8 Å². The first-order valence-corrected chi connectivity index (χ1v) is 11.7. The van der Waals surface area contributed by atoms with E-state index in [0.717, 1.165) is 24.1 Å². The summed E-state index contributed by atoms with van der Waals surface area (Å²) in [7, 11) is 2.16. The maximum atomic E-state index is 5.45. The minimum Gasteiger partial charge on any atom is -0.362 e. The lowest BCUT2D eigenvalue weighted by atomic mass is 9.74. The molecule has 1 aromatic rings. The number of aryl methyl sites for hydroxylation is 1. The summed E-state index contributed by atoms with van der Waals surface area (Å²) in [5, 5.41) is 12.5. The molecule has 28 heavy (non-hydrogen) atoms. The van der Waals surface area contributed by atoms with Gasteiger partial charge in [-0.2, -0.15) is 5.10 Å². The van der Waals surface area contributed by atoms with Gasteiger partial charge in [-0.05, 0) is 62.3 Å². The molecular weight excluding hydrogens is 366 g/mol. The van der Waals surface area contributed by atoms with E-state index < -0.39 is 0 Å². The number of thiocarbonyl (C=S) groups is 1. The van der Waals surface area contributed by atoms with Gasteiger partial charge in [0.15, 0.2) is 5.11 Å². The topological polar surface area (TPSA) is 45.1 Å². The molecule has 3 saturated heterocycles. The Hall–Kier alpha value is -1.14. The lowest BCUT2D eigenvalue weighted by Gasteiger charge is -2.50. The zero-order valence-corrected chi connectivity index (χ0v) is 18.6. The van der Waals surface area contributed by atoms with E-state index in [2.05, 4.69) is 47.2 Å². The lowest BCUT2D eigenvalue weighted by molar-refractivity contribution is 0.0302. The summed E-state index contributed by atoms with van der Waals surface area (Å²) in [6.45, 7) is 8.72. The van der Waals surface area contributed by atoms with Crippen molar-refractivity contribution in [3.8, 4) is 0 Å². The molecule has 1 aromatic heterocycles. The van der Waals surface area contributed by atoms with Crippen LogP contribution in [-0.2, 0) is 7.05 Å². The number of hydrogen-bond donors (Lipinski definition) is 2. The van der Waals surface area contributed by atoms with E-state index in [1.165, 1.54) is 63.0 Å². The molecule has 4 aliphatic rings. The number of hydrogen-bond acceptors (Lipinski definition) is 3. The first-order valence-electron chi connectivity index (χ1n) is 11.3. The molecule has 6 heteroatoms. The second-order valence-electron chi connectivity index (χ2n) is 9.62. The van der Waals surface area contributed by atoms with Crippen molar-refractivity contribution in [2.75, 3.05) is 26.2 Å². The van der Waals surface area contributed by atoms with Crippen LogP contribution >= 0.6 is 12.2 Å². The standard InChI is InChI=1S/C22H37N5S/c1-15(2)12-23-22(28)24-13-18-10-17-8-9-27(18)14-19(17)21-11-20(25-26(21)3)16-6-4-5-7-16/h11,15-19H,4-10,12-14H2,1-3H3,(H2,23,24,28). The molecule has 5 nitrogen and oxygen atoms in total. The molecular formula is C22H37N5S. The number of fused-ring (bicyclic) bond motifs is 3. The highest BCUT2D eigenvalue weighted by atomic mass is 32.1. The van der Waals surface area contributed by atoms with Crippen LogP contribution in [-0.4, -0.2) is 52.0 Å². The van der Waals surface area contributed by atoms with E-state index in [9.17, 15) is 0 Å². The van der Waals surface area contributed by atoms with Crippen LogP contribution in [0.3, 0.4) is 0 Å². The third-order valence-electron chi connectivity index (χ3n) is 7.14. The van der Waals surface area contributed by atoms with Crippen molar-refractivity contribution in [3.63, 3.8) is 0 Å². The minimum atomic E-state index is 0.608. The van der Waals surface area contributed by atoms with Crippen molar-refractivity contribution >= 4 is 17.3 Å². The fraction of sp³-hybridized carbons (Fsp3) is 0.818. The summed E-state index contributed by atoms with van der Waals surface area (Å²) in [6, 6.07) is 3.05. The van der Waals surface area contributed by atoms with Crippen LogP contribution in [0.1, 0.15) is 75.6 Å². The van der Waals surface area contributed by atoms with E-state index in [-0.39, 0.29) is 0 Å². The summed E-state index contributed by atoms with van der Waals surface area (Å²) < 4.78 is 2.19. The summed E-state index contributed by atoms with van der Waals surface area (Å²) >= 11 is 5.45. The summed E-state index contributed by atoms with van der Waals surface area (Å²) in [5.41, 5.74) is 2.82. The van der Waals surface area contributed by atoms with E-state index >= 15 is 0 Å². The van der Waals surface area contributed by atoms with Gasteiger partial charge in [0.25, 0.3) is 0 Å². The monoisotopic (exact) mass is 403 g/mol.